The van der Waals surface area contributed by atoms with Gasteiger partial charge in [0.25, 0.3) is 5.91 Å². The van der Waals surface area contributed by atoms with Crippen LogP contribution < -0.4 is 32.2 Å². The molecule has 298 valence electrons. The van der Waals surface area contributed by atoms with Crippen LogP contribution in [0.5, 0.6) is 5.75 Å². The summed E-state index contributed by atoms with van der Waals surface area (Å²) in [6.07, 6.45) is -0.443. The molecule has 15 nitrogen and oxygen atoms in total. The van der Waals surface area contributed by atoms with E-state index < -0.39 is 77.6 Å². The largest absolute Gasteiger partial charge is 0.508 e. The van der Waals surface area contributed by atoms with E-state index in [1.807, 2.05) is 27.7 Å². The number of aryl methyl sites for hydroxylation is 1. The zero-order valence-corrected chi connectivity index (χ0v) is 32.4. The number of anilines is 1. The number of phenols is 1. The molecule has 0 aliphatic heterocycles. The third-order valence-electron chi connectivity index (χ3n) is 8.95. The number of phenolic OH excluding ortho intramolecular Hbond substituents is 1. The van der Waals surface area contributed by atoms with Gasteiger partial charge in [-0.3, -0.25) is 33.7 Å². The Hall–Kier alpha value is -5.73. The predicted octanol–water partition coefficient (Wildman–Crippen LogP) is 3.30. The number of primary amides is 1. The van der Waals surface area contributed by atoms with Crippen LogP contribution in [0.3, 0.4) is 0 Å². The van der Waals surface area contributed by atoms with Crippen molar-refractivity contribution in [3.05, 3.63) is 70.1 Å². The molecule has 0 aliphatic carbocycles. The summed E-state index contributed by atoms with van der Waals surface area (Å²) in [4.78, 5) is 92.7. The maximum absolute atomic E-state index is 14.8. The lowest BCUT2D eigenvalue weighted by atomic mass is 9.96. The number of benzene rings is 2. The summed E-state index contributed by atoms with van der Waals surface area (Å²) in [7, 11) is 0. The van der Waals surface area contributed by atoms with Gasteiger partial charge in [-0.2, -0.15) is 0 Å². The van der Waals surface area contributed by atoms with E-state index in [1.165, 1.54) is 29.2 Å². The molecule has 1 heterocycles. The Labute approximate surface area is 320 Å². The zero-order valence-electron chi connectivity index (χ0n) is 32.4. The van der Waals surface area contributed by atoms with E-state index in [0.29, 0.717) is 16.5 Å². The van der Waals surface area contributed by atoms with Gasteiger partial charge in [0.2, 0.25) is 23.6 Å². The molecule has 0 bridgehead atoms. The number of aliphatic carboxylic acids is 1. The van der Waals surface area contributed by atoms with Crippen LogP contribution in [0.1, 0.15) is 78.4 Å². The molecule has 55 heavy (non-hydrogen) atoms. The third-order valence-corrected chi connectivity index (χ3v) is 8.95. The molecular formula is C40H53N5O10. The molecule has 0 unspecified atom stereocenters. The van der Waals surface area contributed by atoms with Gasteiger partial charge in [0.1, 0.15) is 35.5 Å². The summed E-state index contributed by atoms with van der Waals surface area (Å²) in [6, 6.07) is 7.26. The molecule has 0 aliphatic rings. The number of fused-ring (bicyclic) bond motifs is 1. The van der Waals surface area contributed by atoms with Crippen molar-refractivity contribution < 1.29 is 43.4 Å². The second-order valence-corrected chi connectivity index (χ2v) is 15.0. The number of hydrogen-bond donors (Lipinski definition) is 6. The summed E-state index contributed by atoms with van der Waals surface area (Å²) in [5.74, 6) is -5.42. The molecule has 2 aromatic carbocycles. The maximum Gasteiger partial charge on any atom is 0.336 e. The molecule has 0 saturated heterocycles. The molecule has 5 amide bonds. The molecular weight excluding hydrogens is 710 g/mol. The van der Waals surface area contributed by atoms with Crippen molar-refractivity contribution >= 4 is 52.2 Å². The minimum atomic E-state index is -1.31. The van der Waals surface area contributed by atoms with Crippen molar-refractivity contribution in [1.29, 1.82) is 0 Å². The van der Waals surface area contributed by atoms with Crippen molar-refractivity contribution in [2.24, 2.45) is 23.5 Å². The number of hydrogen-bond acceptors (Lipinski definition) is 9. The van der Waals surface area contributed by atoms with Gasteiger partial charge in [-0.1, -0.05) is 53.7 Å². The fourth-order valence-electron chi connectivity index (χ4n) is 6.18. The number of rotatable bonds is 19. The number of carbonyl (C=O) groups is 6. The van der Waals surface area contributed by atoms with E-state index in [1.54, 1.807) is 45.0 Å². The fraction of sp³-hybridized carbons (Fsp3) is 0.475. The smallest absolute Gasteiger partial charge is 0.336 e. The minimum Gasteiger partial charge on any atom is -0.508 e. The Bertz CT molecular complexity index is 1920. The maximum atomic E-state index is 14.8. The average Bonchev–Trinajstić information content (AvgIpc) is 3.08. The molecule has 3 aromatic rings. The quantitative estimate of drug-likeness (QED) is 0.0974. The van der Waals surface area contributed by atoms with Gasteiger partial charge in [0, 0.05) is 36.0 Å². The van der Waals surface area contributed by atoms with Gasteiger partial charge >= 0.3 is 11.6 Å². The van der Waals surface area contributed by atoms with Crippen LogP contribution in [0.2, 0.25) is 0 Å². The Balaban J connectivity index is 2.04. The first kappa shape index (κ1) is 43.7. The standard InChI is InChI=1S/C40H53N5O10/c1-21(2)16-29(42-33(47)14-15-34(48)49)38(52)43-30(17-22(3)4)39(53)44-36(23(5)6)40(54)45(31(37(41)51)19-25-8-11-27(46)12-9-25)26-10-13-28-24(7)18-35(50)55-32(28)20-26/h8-13,18,20-23,29-31,36,46H,14-17,19H2,1-7H3,(H2,41,51)(H,42,47)(H,43,52)(H,44,53)(H,48,49)/t29-,30-,31-,36-/m0/s1. The van der Waals surface area contributed by atoms with Crippen LogP contribution in [0.25, 0.3) is 11.0 Å². The lowest BCUT2D eigenvalue weighted by molar-refractivity contribution is -0.139. The van der Waals surface area contributed by atoms with Crippen LogP contribution >= 0.6 is 0 Å². The first-order valence-corrected chi connectivity index (χ1v) is 18.3. The van der Waals surface area contributed by atoms with E-state index in [0.717, 1.165) is 0 Å². The van der Waals surface area contributed by atoms with Crippen LogP contribution in [-0.4, -0.2) is 69.9 Å². The number of aromatic hydroxyl groups is 1. The number of nitrogens with zero attached hydrogens (tertiary/aromatic N) is 1. The Kier molecular flexibility index (Phi) is 15.5. The predicted molar refractivity (Wildman–Crippen MR) is 206 cm³/mol. The molecule has 15 heteroatoms. The number of nitrogens with two attached hydrogens (primary N) is 1. The van der Waals surface area contributed by atoms with Crippen LogP contribution in [0.4, 0.5) is 5.69 Å². The molecule has 4 atom stereocenters. The Morgan fingerprint density at radius 1 is 0.800 bits per heavy atom. The van der Waals surface area contributed by atoms with Crippen LogP contribution in [-0.2, 0) is 35.2 Å². The lowest BCUT2D eigenvalue weighted by Crippen LogP contribution is -2.61. The van der Waals surface area contributed by atoms with Gasteiger partial charge in [0.15, 0.2) is 0 Å². The highest BCUT2D eigenvalue weighted by atomic mass is 16.4. The van der Waals surface area contributed by atoms with Gasteiger partial charge in [-0.05, 0) is 72.9 Å². The molecule has 7 N–H and O–H groups in total. The van der Waals surface area contributed by atoms with Crippen LogP contribution in [0.15, 0.2) is 57.7 Å². The van der Waals surface area contributed by atoms with Gasteiger partial charge in [-0.15, -0.1) is 0 Å². The number of nitrogens with one attached hydrogen (secondary N) is 3. The molecule has 0 fully saturated rings. The molecule has 0 spiro atoms. The van der Waals surface area contributed by atoms with E-state index in [2.05, 4.69) is 16.0 Å². The summed E-state index contributed by atoms with van der Waals surface area (Å²) in [6.45, 7) is 12.5. The van der Waals surface area contributed by atoms with Gasteiger partial charge in [0.05, 0.1) is 6.42 Å². The third kappa shape index (κ3) is 12.7. The summed E-state index contributed by atoms with van der Waals surface area (Å²) >= 11 is 0. The van der Waals surface area contributed by atoms with Gasteiger partial charge in [-0.25, -0.2) is 4.79 Å². The SMILES string of the molecule is Cc1cc(=O)oc2cc(N(C(=O)[C@@H](NC(=O)[C@H](CC(C)C)NC(=O)[C@H](CC(C)C)NC(=O)CCC(=O)O)C(C)C)[C@@H](Cc3ccc(O)cc3)C(N)=O)ccc12. The van der Waals surface area contributed by atoms with E-state index in [-0.39, 0.29) is 54.5 Å². The van der Waals surface area contributed by atoms with Crippen molar-refractivity contribution in [1.82, 2.24) is 16.0 Å². The zero-order chi connectivity index (χ0) is 41.1. The van der Waals surface area contributed by atoms with E-state index >= 15 is 0 Å². The monoisotopic (exact) mass is 763 g/mol. The molecule has 3 rings (SSSR count). The molecule has 1 aromatic heterocycles. The second-order valence-electron chi connectivity index (χ2n) is 15.0. The number of carbonyl (C=O) groups excluding carboxylic acids is 5. The second kappa shape index (κ2) is 19.6. The highest BCUT2D eigenvalue weighted by molar-refractivity contribution is 6.06. The normalized spacial score (nSPS) is 13.6. The topological polar surface area (TPSA) is 238 Å². The van der Waals surface area contributed by atoms with E-state index in [9.17, 15) is 38.7 Å². The number of amides is 5. The fourth-order valence-corrected chi connectivity index (χ4v) is 6.18. The van der Waals surface area contributed by atoms with Gasteiger partial charge < -0.3 is 36.3 Å². The molecule has 0 radical (unpaired) electrons. The Morgan fingerprint density at radius 3 is 1.93 bits per heavy atom. The highest BCUT2D eigenvalue weighted by Gasteiger charge is 2.38. The van der Waals surface area contributed by atoms with Crippen molar-refractivity contribution in [2.75, 3.05) is 4.90 Å². The van der Waals surface area contributed by atoms with Crippen molar-refractivity contribution in [3.8, 4) is 5.75 Å². The van der Waals surface area contributed by atoms with Crippen LogP contribution in [0, 0.1) is 24.7 Å². The Morgan fingerprint density at radius 2 is 1.38 bits per heavy atom. The first-order chi connectivity index (χ1) is 25.8. The lowest BCUT2D eigenvalue weighted by Gasteiger charge is -2.35. The molecule has 0 saturated carbocycles. The first-order valence-electron chi connectivity index (χ1n) is 18.3. The highest BCUT2D eigenvalue weighted by Crippen LogP contribution is 2.28. The number of carboxylic acid groups (broad SMARTS) is 1. The summed E-state index contributed by atoms with van der Waals surface area (Å²) in [5, 5.41) is 27.5. The average molecular weight is 764 g/mol. The summed E-state index contributed by atoms with van der Waals surface area (Å²) in [5.41, 5.74) is 6.87. The summed E-state index contributed by atoms with van der Waals surface area (Å²) < 4.78 is 5.45. The van der Waals surface area contributed by atoms with Crippen molar-refractivity contribution in [2.45, 2.75) is 105 Å². The van der Waals surface area contributed by atoms with E-state index in [4.69, 9.17) is 15.3 Å². The minimum absolute atomic E-state index is 0.00560. The number of carboxylic acids is 1. The van der Waals surface area contributed by atoms with Crippen molar-refractivity contribution in [3.63, 3.8) is 0 Å².